The van der Waals surface area contributed by atoms with Gasteiger partial charge in [0, 0.05) is 0 Å². The summed E-state index contributed by atoms with van der Waals surface area (Å²) < 4.78 is 55.7. The molecule has 4 N–H and O–H groups in total. The molecule has 0 saturated carbocycles. The minimum absolute atomic E-state index is 0.189. The van der Waals surface area contributed by atoms with Crippen molar-refractivity contribution in [2.24, 2.45) is 11.8 Å². The first-order chi connectivity index (χ1) is 10.6. The van der Waals surface area contributed by atoms with Crippen molar-refractivity contribution in [1.29, 1.82) is 0 Å². The highest BCUT2D eigenvalue weighted by Crippen LogP contribution is 2.25. The Balaban J connectivity index is 3.45. The molecule has 0 amide bonds. The Morgan fingerprint density at radius 2 is 1.83 bits per heavy atom. The fourth-order valence-electron chi connectivity index (χ4n) is 2.26. The number of nitrogens with two attached hydrogens (primary N) is 2. The van der Waals surface area contributed by atoms with E-state index in [1.807, 2.05) is 0 Å². The largest absolute Gasteiger partial charge is 0.293 e. The van der Waals surface area contributed by atoms with E-state index in [4.69, 9.17) is 11.8 Å². The predicted octanol–water partition coefficient (Wildman–Crippen LogP) is 0.573. The van der Waals surface area contributed by atoms with Gasteiger partial charge in [0.05, 0.1) is 0 Å². The van der Waals surface area contributed by atoms with Crippen molar-refractivity contribution in [3.8, 4) is 0 Å². The highest BCUT2D eigenvalue weighted by molar-refractivity contribution is 7.88. The monoisotopic (exact) mass is 364 g/mol. The molecule has 0 aromatic carbocycles. The molecule has 0 fully saturated rings. The minimum Gasteiger partial charge on any atom is -0.198 e. The van der Waals surface area contributed by atoms with Gasteiger partial charge in [-0.15, -0.1) is 0 Å². The number of allylic oxidation sites excluding steroid dienone is 4. The van der Waals surface area contributed by atoms with Crippen molar-refractivity contribution in [3.05, 3.63) is 47.6 Å². The van der Waals surface area contributed by atoms with Crippen LogP contribution in [0.25, 0.3) is 0 Å². The molecular weight excluding hydrogens is 344 g/mol. The minimum atomic E-state index is -4.12. The van der Waals surface area contributed by atoms with E-state index in [0.29, 0.717) is 11.1 Å². The van der Waals surface area contributed by atoms with Crippen LogP contribution < -0.4 is 11.8 Å². The van der Waals surface area contributed by atoms with Crippen LogP contribution in [0.1, 0.15) is 20.3 Å². The van der Waals surface area contributed by atoms with Gasteiger partial charge in [0.15, 0.2) is 0 Å². The van der Waals surface area contributed by atoms with Gasteiger partial charge < -0.3 is 0 Å². The molecule has 0 aromatic heterocycles. The molecule has 2 unspecified atom stereocenters. The van der Waals surface area contributed by atoms with E-state index in [-0.39, 0.29) is 12.0 Å². The average Bonchev–Trinajstić information content (AvgIpc) is 2.45. The summed E-state index contributed by atoms with van der Waals surface area (Å²) in [5.74, 6) is 9.64. The van der Waals surface area contributed by atoms with E-state index < -0.39 is 30.7 Å². The predicted molar refractivity (Wildman–Crippen MR) is 86.4 cm³/mol. The van der Waals surface area contributed by atoms with Crippen molar-refractivity contribution >= 4 is 20.2 Å². The molecule has 0 aromatic rings. The zero-order valence-electron chi connectivity index (χ0n) is 12.8. The van der Waals surface area contributed by atoms with Crippen LogP contribution in [0.5, 0.6) is 0 Å². The molecule has 0 radical (unpaired) electrons. The van der Waals surface area contributed by atoms with E-state index >= 15 is 0 Å². The van der Waals surface area contributed by atoms with Crippen LogP contribution in [0.3, 0.4) is 0 Å². The Hall–Kier alpha value is -1.30. The van der Waals surface area contributed by atoms with Crippen LogP contribution in [0.15, 0.2) is 47.6 Å². The lowest BCUT2D eigenvalue weighted by atomic mass is 10.0. The van der Waals surface area contributed by atoms with E-state index in [1.54, 1.807) is 19.9 Å². The summed E-state index contributed by atoms with van der Waals surface area (Å²) in [6.07, 6.45) is 5.92. The normalized spacial score (nSPS) is 21.2. The van der Waals surface area contributed by atoms with Crippen molar-refractivity contribution in [2.45, 2.75) is 30.8 Å². The lowest BCUT2D eigenvalue weighted by molar-refractivity contribution is 0.327. The average molecular weight is 364 g/mol. The van der Waals surface area contributed by atoms with Crippen molar-refractivity contribution in [2.75, 3.05) is 0 Å². The summed E-state index contributed by atoms with van der Waals surface area (Å²) in [5, 5.41) is -2.27. The van der Waals surface area contributed by atoms with Crippen LogP contribution >= 0.6 is 0 Å². The Morgan fingerprint density at radius 1 is 1.22 bits per heavy atom. The second-order valence-corrected chi connectivity index (χ2v) is 8.40. The standard InChI is InChI=1S/C13H20N2O6S2/c1-4-12(22(16,17)20-14)11-5-6-13(23(18,19)21-15)10(3)7-9(2)8-11/h5-8,12-13H,3-4,14-15H2,1-2H3. The SMILES string of the molecule is C=C1C=C(C)C=C(C(CC)S(=O)(=O)ON)C=CC1S(=O)(=O)ON. The molecular formula is C13H20N2O6S2. The smallest absolute Gasteiger partial charge is 0.198 e. The molecule has 0 heterocycles. The lowest BCUT2D eigenvalue weighted by Crippen LogP contribution is -2.28. The van der Waals surface area contributed by atoms with Crippen LogP contribution in [-0.4, -0.2) is 27.3 Å². The van der Waals surface area contributed by atoms with Gasteiger partial charge in [0.2, 0.25) is 0 Å². The highest BCUT2D eigenvalue weighted by atomic mass is 32.2. The Labute approximate surface area is 136 Å². The first-order valence-corrected chi connectivity index (χ1v) is 9.54. The van der Waals surface area contributed by atoms with Crippen molar-refractivity contribution in [1.82, 2.24) is 0 Å². The number of rotatable bonds is 6. The maximum Gasteiger partial charge on any atom is 0.293 e. The fraction of sp³-hybridized carbons (Fsp3) is 0.385. The summed E-state index contributed by atoms with van der Waals surface area (Å²) in [5.41, 5.74) is 1.18. The van der Waals surface area contributed by atoms with Crippen LogP contribution in [0.2, 0.25) is 0 Å². The Morgan fingerprint density at radius 3 is 2.30 bits per heavy atom. The van der Waals surface area contributed by atoms with Gasteiger partial charge >= 0.3 is 0 Å². The summed E-state index contributed by atoms with van der Waals surface area (Å²) in [6, 6.07) is 0. The zero-order valence-corrected chi connectivity index (χ0v) is 14.4. The van der Waals surface area contributed by atoms with Gasteiger partial charge in [-0.25, -0.2) is 0 Å². The molecule has 130 valence electrons. The van der Waals surface area contributed by atoms with Crippen LogP contribution in [-0.2, 0) is 28.8 Å². The molecule has 0 spiro atoms. The molecule has 0 saturated heterocycles. The van der Waals surface area contributed by atoms with Crippen molar-refractivity contribution in [3.63, 3.8) is 0 Å². The highest BCUT2D eigenvalue weighted by Gasteiger charge is 2.30. The van der Waals surface area contributed by atoms with Gasteiger partial charge in [0.1, 0.15) is 10.5 Å². The summed E-state index contributed by atoms with van der Waals surface area (Å²) in [6.45, 7) is 7.01. The van der Waals surface area contributed by atoms with Gasteiger partial charge in [-0.2, -0.15) is 37.2 Å². The first-order valence-electron chi connectivity index (χ1n) is 6.60. The number of hydrogen-bond acceptors (Lipinski definition) is 8. The zero-order chi connectivity index (χ0) is 17.8. The van der Waals surface area contributed by atoms with Crippen LogP contribution in [0.4, 0.5) is 0 Å². The third-order valence-corrected chi connectivity index (χ3v) is 6.23. The van der Waals surface area contributed by atoms with Crippen LogP contribution in [0, 0.1) is 0 Å². The molecule has 8 nitrogen and oxygen atoms in total. The van der Waals surface area contributed by atoms with Gasteiger partial charge in [-0.1, -0.05) is 43.4 Å². The lowest BCUT2D eigenvalue weighted by Gasteiger charge is -2.19. The molecule has 10 heteroatoms. The maximum absolute atomic E-state index is 11.9. The van der Waals surface area contributed by atoms with Crippen molar-refractivity contribution < 1.29 is 25.4 Å². The van der Waals surface area contributed by atoms with E-state index in [9.17, 15) is 16.8 Å². The topological polar surface area (TPSA) is 139 Å². The number of hydrogen-bond donors (Lipinski definition) is 2. The molecule has 1 aliphatic rings. The fourth-order valence-corrected chi connectivity index (χ4v) is 4.12. The summed E-state index contributed by atoms with van der Waals surface area (Å²) in [7, 11) is -8.15. The molecule has 0 bridgehead atoms. The van der Waals surface area contributed by atoms with Gasteiger partial charge in [-0.05, 0) is 24.5 Å². The van der Waals surface area contributed by atoms with Gasteiger partial charge in [-0.3, -0.25) is 0 Å². The quantitative estimate of drug-likeness (QED) is 0.652. The van der Waals surface area contributed by atoms with E-state index in [0.717, 1.165) is 0 Å². The molecule has 23 heavy (non-hydrogen) atoms. The molecule has 1 rings (SSSR count). The molecule has 0 aliphatic heterocycles. The maximum atomic E-state index is 11.9. The third-order valence-electron chi connectivity index (χ3n) is 3.31. The Kier molecular flexibility index (Phi) is 6.45. The summed E-state index contributed by atoms with van der Waals surface area (Å²) >= 11 is 0. The van der Waals surface area contributed by atoms with Gasteiger partial charge in [0.25, 0.3) is 20.2 Å². The third kappa shape index (κ3) is 4.59. The Bertz CT molecular complexity index is 762. The van der Waals surface area contributed by atoms with E-state index in [2.05, 4.69) is 15.1 Å². The first kappa shape index (κ1) is 19.7. The molecule has 2 atom stereocenters. The second kappa shape index (κ2) is 7.51. The molecule has 1 aliphatic carbocycles. The van der Waals surface area contributed by atoms with E-state index in [1.165, 1.54) is 18.2 Å². The second-order valence-electron chi connectivity index (χ2n) is 4.96. The summed E-state index contributed by atoms with van der Waals surface area (Å²) in [4.78, 5) is 0.